The van der Waals surface area contributed by atoms with Crippen LogP contribution < -0.4 is 5.32 Å². The molecule has 2 amide bonds. The van der Waals surface area contributed by atoms with E-state index in [2.05, 4.69) is 5.32 Å². The Kier molecular flexibility index (Phi) is 10.7. The molecule has 4 nitrogen and oxygen atoms in total. The second-order valence-corrected chi connectivity index (χ2v) is 9.62. The normalized spacial score (nSPS) is 11.9. The predicted octanol–water partition coefficient (Wildman–Crippen LogP) is 5.81. The second kappa shape index (κ2) is 13.0. The molecule has 2 aromatic carbocycles. The molecule has 2 aromatic rings. The number of hydrogen-bond donors (Lipinski definition) is 1. The molecule has 0 radical (unpaired) electrons. The Hall–Kier alpha value is -1.69. The van der Waals surface area contributed by atoms with E-state index >= 15 is 0 Å². The fraction of sp³-hybridized carbons (Fsp3) is 0.417. The highest BCUT2D eigenvalue weighted by Crippen LogP contribution is 2.22. The first-order valence-electron chi connectivity index (χ1n) is 10.4. The summed E-state index contributed by atoms with van der Waals surface area (Å²) in [5, 5.41) is 4.25. The number of rotatable bonds is 11. The Morgan fingerprint density at radius 3 is 2.35 bits per heavy atom. The lowest BCUT2D eigenvalue weighted by atomic mass is 10.1. The summed E-state index contributed by atoms with van der Waals surface area (Å²) in [4.78, 5) is 27.7. The van der Waals surface area contributed by atoms with E-state index in [9.17, 15) is 9.59 Å². The number of carbonyl (C=O) groups excluding carboxylic acids is 2. The predicted molar refractivity (Wildman–Crippen MR) is 132 cm³/mol. The van der Waals surface area contributed by atoms with Crippen molar-refractivity contribution in [2.75, 3.05) is 12.3 Å². The number of nitrogens with one attached hydrogen (secondary N) is 1. The van der Waals surface area contributed by atoms with E-state index < -0.39 is 6.04 Å². The Labute approximate surface area is 199 Å². The van der Waals surface area contributed by atoms with Crippen LogP contribution in [0.4, 0.5) is 0 Å². The van der Waals surface area contributed by atoms with E-state index in [4.69, 9.17) is 23.2 Å². The molecule has 2 rings (SSSR count). The van der Waals surface area contributed by atoms with Crippen LogP contribution in [0.25, 0.3) is 0 Å². The van der Waals surface area contributed by atoms with Crippen molar-refractivity contribution in [3.05, 3.63) is 69.7 Å². The van der Waals surface area contributed by atoms with E-state index in [1.54, 1.807) is 11.0 Å². The van der Waals surface area contributed by atoms with Gasteiger partial charge in [0.1, 0.15) is 6.04 Å². The first-order valence-corrected chi connectivity index (χ1v) is 12.4. The zero-order valence-electron chi connectivity index (χ0n) is 18.2. The quantitative estimate of drug-likeness (QED) is 0.441. The summed E-state index contributed by atoms with van der Waals surface area (Å²) >= 11 is 13.8. The molecule has 0 fully saturated rings. The third kappa shape index (κ3) is 8.40. The van der Waals surface area contributed by atoms with Gasteiger partial charge in [-0.25, -0.2) is 0 Å². The van der Waals surface area contributed by atoms with Crippen LogP contribution in [0.3, 0.4) is 0 Å². The third-order valence-corrected chi connectivity index (χ3v) is 6.39. The molecule has 1 unspecified atom stereocenters. The lowest BCUT2D eigenvalue weighted by Crippen LogP contribution is -2.50. The van der Waals surface area contributed by atoms with Gasteiger partial charge in [-0.15, -0.1) is 11.8 Å². The number of benzene rings is 2. The summed E-state index contributed by atoms with van der Waals surface area (Å²) in [5.41, 5.74) is 1.93. The van der Waals surface area contributed by atoms with Gasteiger partial charge in [0.05, 0.1) is 5.75 Å². The summed E-state index contributed by atoms with van der Waals surface area (Å²) in [6.45, 7) is 6.89. The third-order valence-electron chi connectivity index (χ3n) is 4.78. The van der Waals surface area contributed by atoms with Gasteiger partial charge in [0.2, 0.25) is 11.8 Å². The summed E-state index contributed by atoms with van der Waals surface area (Å²) in [5.74, 6) is 1.11. The van der Waals surface area contributed by atoms with Crippen LogP contribution in [0.15, 0.2) is 48.5 Å². The first-order chi connectivity index (χ1) is 14.8. The molecule has 7 heteroatoms. The number of carbonyl (C=O) groups is 2. The van der Waals surface area contributed by atoms with Crippen LogP contribution in [0.2, 0.25) is 10.0 Å². The minimum atomic E-state index is -0.543. The lowest BCUT2D eigenvalue weighted by molar-refractivity contribution is -0.139. The molecule has 0 aliphatic heterocycles. The van der Waals surface area contributed by atoms with Gasteiger partial charge in [0.15, 0.2) is 0 Å². The second-order valence-electron chi connectivity index (χ2n) is 7.80. The van der Waals surface area contributed by atoms with Crippen molar-refractivity contribution in [3.63, 3.8) is 0 Å². The van der Waals surface area contributed by atoms with Crippen LogP contribution >= 0.6 is 35.0 Å². The van der Waals surface area contributed by atoms with Crippen LogP contribution in [0, 0.1) is 5.92 Å². The standard InChI is InChI=1S/C24H30Cl2N2O2S/c1-4-22(24(30)27-13-17(2)3)28(14-19-7-5-6-8-21(19)26)23(29)16-31-15-18-9-11-20(25)12-10-18/h5-12,17,22H,4,13-16H2,1-3H3,(H,27,30). The molecular formula is C24H30Cl2N2O2S. The van der Waals surface area contributed by atoms with Gasteiger partial charge in [0, 0.05) is 28.9 Å². The van der Waals surface area contributed by atoms with E-state index in [0.717, 1.165) is 11.1 Å². The maximum Gasteiger partial charge on any atom is 0.242 e. The van der Waals surface area contributed by atoms with Gasteiger partial charge in [-0.2, -0.15) is 0 Å². The van der Waals surface area contributed by atoms with Crippen LogP contribution in [-0.2, 0) is 21.9 Å². The Balaban J connectivity index is 2.12. The number of thioether (sulfide) groups is 1. The van der Waals surface area contributed by atoms with Crippen LogP contribution in [0.1, 0.15) is 38.3 Å². The zero-order valence-corrected chi connectivity index (χ0v) is 20.6. The topological polar surface area (TPSA) is 49.4 Å². The Morgan fingerprint density at radius 1 is 1.06 bits per heavy atom. The number of nitrogens with zero attached hydrogens (tertiary/aromatic N) is 1. The molecular weight excluding hydrogens is 451 g/mol. The molecule has 31 heavy (non-hydrogen) atoms. The van der Waals surface area contributed by atoms with Crippen molar-refractivity contribution in [2.45, 2.75) is 45.5 Å². The van der Waals surface area contributed by atoms with Crippen molar-refractivity contribution in [1.29, 1.82) is 0 Å². The molecule has 0 bridgehead atoms. The van der Waals surface area contributed by atoms with E-state index in [-0.39, 0.29) is 17.6 Å². The highest BCUT2D eigenvalue weighted by molar-refractivity contribution is 7.99. The van der Waals surface area contributed by atoms with E-state index in [1.165, 1.54) is 11.8 Å². The van der Waals surface area contributed by atoms with Crippen molar-refractivity contribution in [3.8, 4) is 0 Å². The molecule has 1 atom stereocenters. The van der Waals surface area contributed by atoms with Gasteiger partial charge in [-0.1, -0.05) is 74.3 Å². The lowest BCUT2D eigenvalue weighted by Gasteiger charge is -2.31. The SMILES string of the molecule is CCC(C(=O)NCC(C)C)N(Cc1ccccc1Cl)C(=O)CSCc1ccc(Cl)cc1. The maximum atomic E-state index is 13.2. The average molecular weight is 481 g/mol. The molecule has 0 aliphatic carbocycles. The van der Waals surface area contributed by atoms with E-state index in [1.807, 2.05) is 63.2 Å². The van der Waals surface area contributed by atoms with Crippen LogP contribution in [0.5, 0.6) is 0 Å². The number of amides is 2. The van der Waals surface area contributed by atoms with Crippen molar-refractivity contribution in [1.82, 2.24) is 10.2 Å². The highest BCUT2D eigenvalue weighted by Gasteiger charge is 2.29. The molecule has 0 saturated carbocycles. The molecule has 0 aliphatic rings. The van der Waals surface area contributed by atoms with Crippen molar-refractivity contribution in [2.24, 2.45) is 5.92 Å². The molecule has 0 saturated heterocycles. The average Bonchev–Trinajstić information content (AvgIpc) is 2.74. The highest BCUT2D eigenvalue weighted by atomic mass is 35.5. The van der Waals surface area contributed by atoms with Gasteiger partial charge in [-0.3, -0.25) is 9.59 Å². The van der Waals surface area contributed by atoms with Gasteiger partial charge in [0.25, 0.3) is 0 Å². The smallest absolute Gasteiger partial charge is 0.242 e. The summed E-state index contributed by atoms with van der Waals surface area (Å²) in [6, 6.07) is 14.5. The minimum Gasteiger partial charge on any atom is -0.354 e. The van der Waals surface area contributed by atoms with Crippen molar-refractivity contribution >= 4 is 46.8 Å². The first kappa shape index (κ1) is 25.6. The summed E-state index contributed by atoms with van der Waals surface area (Å²) < 4.78 is 0. The Bertz CT molecular complexity index is 859. The number of hydrogen-bond acceptors (Lipinski definition) is 3. The van der Waals surface area contributed by atoms with Gasteiger partial charge < -0.3 is 10.2 Å². The summed E-state index contributed by atoms with van der Waals surface area (Å²) in [6.07, 6.45) is 0.530. The minimum absolute atomic E-state index is 0.0783. The summed E-state index contributed by atoms with van der Waals surface area (Å²) in [7, 11) is 0. The fourth-order valence-electron chi connectivity index (χ4n) is 3.07. The van der Waals surface area contributed by atoms with Gasteiger partial charge >= 0.3 is 0 Å². The molecule has 0 heterocycles. The largest absolute Gasteiger partial charge is 0.354 e. The van der Waals surface area contributed by atoms with E-state index in [0.29, 0.717) is 41.2 Å². The number of halogens is 2. The fourth-order valence-corrected chi connectivity index (χ4v) is 4.26. The van der Waals surface area contributed by atoms with Crippen LogP contribution in [-0.4, -0.2) is 35.1 Å². The monoisotopic (exact) mass is 480 g/mol. The van der Waals surface area contributed by atoms with Gasteiger partial charge in [-0.05, 0) is 41.7 Å². The maximum absolute atomic E-state index is 13.2. The van der Waals surface area contributed by atoms with Crippen molar-refractivity contribution < 1.29 is 9.59 Å². The molecule has 1 N–H and O–H groups in total. The zero-order chi connectivity index (χ0) is 22.8. The molecule has 168 valence electrons. The molecule has 0 spiro atoms. The molecule has 0 aromatic heterocycles. The Morgan fingerprint density at radius 2 is 1.74 bits per heavy atom.